The normalized spacial score (nSPS) is 17.4. The number of aryl methyl sites for hydroxylation is 1. The molecule has 0 spiro atoms. The first-order chi connectivity index (χ1) is 10.3. The highest BCUT2D eigenvalue weighted by atomic mass is 16.5. The van der Waals surface area contributed by atoms with Gasteiger partial charge >= 0.3 is 0 Å². The van der Waals surface area contributed by atoms with Gasteiger partial charge in [-0.05, 0) is 44.8 Å². The number of methoxy groups -OCH3 is 1. The first-order valence-electron chi connectivity index (χ1n) is 8.24. The number of imidazole rings is 1. The maximum Gasteiger partial charge on any atom is 0.0948 e. The lowest BCUT2D eigenvalue weighted by Crippen LogP contribution is -2.37. The van der Waals surface area contributed by atoms with E-state index in [1.165, 1.54) is 38.0 Å². The highest BCUT2D eigenvalue weighted by Gasteiger charge is 2.19. The standard InChI is InChI=1S/C16H30N4O/c1-3-7-20-14-18-12-16(20)13-19-8-4-15(5-9-19)11-17-6-10-21-2/h12,14-15,17H,3-11,13H2,1-2H3. The summed E-state index contributed by atoms with van der Waals surface area (Å²) in [7, 11) is 1.75. The number of likely N-dealkylation sites (tertiary alicyclic amines) is 1. The van der Waals surface area contributed by atoms with E-state index in [0.717, 1.165) is 38.7 Å². The van der Waals surface area contributed by atoms with Crippen LogP contribution in [0.3, 0.4) is 0 Å². The molecule has 120 valence electrons. The molecule has 1 saturated heterocycles. The van der Waals surface area contributed by atoms with E-state index < -0.39 is 0 Å². The van der Waals surface area contributed by atoms with E-state index in [1.807, 2.05) is 12.5 Å². The van der Waals surface area contributed by atoms with Gasteiger partial charge in [0.05, 0.1) is 18.6 Å². The van der Waals surface area contributed by atoms with Crippen LogP contribution in [0.4, 0.5) is 0 Å². The Labute approximate surface area is 128 Å². The molecule has 1 aliphatic heterocycles. The van der Waals surface area contributed by atoms with Crippen molar-refractivity contribution in [3.63, 3.8) is 0 Å². The van der Waals surface area contributed by atoms with Crippen molar-refractivity contribution in [3.05, 3.63) is 18.2 Å². The third-order valence-corrected chi connectivity index (χ3v) is 4.27. The topological polar surface area (TPSA) is 42.3 Å². The van der Waals surface area contributed by atoms with Crippen LogP contribution in [0.5, 0.6) is 0 Å². The molecule has 1 aliphatic rings. The van der Waals surface area contributed by atoms with E-state index >= 15 is 0 Å². The highest BCUT2D eigenvalue weighted by molar-refractivity contribution is 4.98. The molecular formula is C16H30N4O. The van der Waals surface area contributed by atoms with E-state index in [4.69, 9.17) is 4.74 Å². The molecule has 2 rings (SSSR count). The van der Waals surface area contributed by atoms with E-state index in [-0.39, 0.29) is 0 Å². The SMILES string of the molecule is CCCn1cncc1CN1CCC(CNCCOC)CC1. The Hall–Kier alpha value is -0.910. The second-order valence-electron chi connectivity index (χ2n) is 5.99. The molecule has 5 heteroatoms. The largest absolute Gasteiger partial charge is 0.383 e. The first-order valence-corrected chi connectivity index (χ1v) is 8.24. The van der Waals surface area contributed by atoms with Crippen molar-refractivity contribution < 1.29 is 4.74 Å². The van der Waals surface area contributed by atoms with Crippen LogP contribution in [0.2, 0.25) is 0 Å². The van der Waals surface area contributed by atoms with Gasteiger partial charge in [0.15, 0.2) is 0 Å². The average molecular weight is 294 g/mol. The van der Waals surface area contributed by atoms with Crippen LogP contribution < -0.4 is 5.32 Å². The zero-order valence-corrected chi connectivity index (χ0v) is 13.6. The fourth-order valence-corrected chi connectivity index (χ4v) is 2.98. The molecule has 1 fully saturated rings. The van der Waals surface area contributed by atoms with Crippen molar-refractivity contribution in [1.82, 2.24) is 19.8 Å². The number of nitrogens with one attached hydrogen (secondary N) is 1. The smallest absolute Gasteiger partial charge is 0.0948 e. The lowest BCUT2D eigenvalue weighted by atomic mass is 9.96. The summed E-state index contributed by atoms with van der Waals surface area (Å²) >= 11 is 0. The molecule has 0 saturated carbocycles. The van der Waals surface area contributed by atoms with Crippen molar-refractivity contribution in [2.45, 2.75) is 39.3 Å². The van der Waals surface area contributed by atoms with Crippen LogP contribution in [0.25, 0.3) is 0 Å². The number of nitrogens with zero attached hydrogens (tertiary/aromatic N) is 3. The van der Waals surface area contributed by atoms with E-state index in [1.54, 1.807) is 7.11 Å². The molecule has 1 aromatic heterocycles. The van der Waals surface area contributed by atoms with Crippen molar-refractivity contribution in [1.29, 1.82) is 0 Å². The van der Waals surface area contributed by atoms with Gasteiger partial charge in [-0.1, -0.05) is 6.92 Å². The number of hydrogen-bond acceptors (Lipinski definition) is 4. The van der Waals surface area contributed by atoms with Gasteiger partial charge in [-0.2, -0.15) is 0 Å². The molecule has 21 heavy (non-hydrogen) atoms. The van der Waals surface area contributed by atoms with Gasteiger partial charge in [-0.15, -0.1) is 0 Å². The van der Waals surface area contributed by atoms with Gasteiger partial charge in [0.2, 0.25) is 0 Å². The molecule has 0 aromatic carbocycles. The summed E-state index contributed by atoms with van der Waals surface area (Å²) in [4.78, 5) is 6.86. The first kappa shape index (κ1) is 16.5. The number of rotatable bonds is 9. The Morgan fingerprint density at radius 3 is 2.90 bits per heavy atom. The zero-order valence-electron chi connectivity index (χ0n) is 13.6. The van der Waals surface area contributed by atoms with Gasteiger partial charge in [0, 0.05) is 32.9 Å². The Kier molecular flexibility index (Phi) is 7.19. The minimum atomic E-state index is 0.806. The second-order valence-corrected chi connectivity index (χ2v) is 5.99. The maximum absolute atomic E-state index is 5.06. The molecule has 1 aromatic rings. The van der Waals surface area contributed by atoms with Gasteiger partial charge in [-0.25, -0.2) is 4.98 Å². The minimum absolute atomic E-state index is 0.806. The Bertz CT molecular complexity index is 385. The summed E-state index contributed by atoms with van der Waals surface area (Å²) in [5.41, 5.74) is 1.36. The molecule has 1 N–H and O–H groups in total. The van der Waals surface area contributed by atoms with Crippen molar-refractivity contribution in [3.8, 4) is 0 Å². The Morgan fingerprint density at radius 2 is 2.19 bits per heavy atom. The number of aromatic nitrogens is 2. The summed E-state index contributed by atoms with van der Waals surface area (Å²) < 4.78 is 7.35. The maximum atomic E-state index is 5.06. The third-order valence-electron chi connectivity index (χ3n) is 4.27. The molecule has 0 amide bonds. The summed E-state index contributed by atoms with van der Waals surface area (Å²) in [5.74, 6) is 0.818. The van der Waals surface area contributed by atoms with E-state index in [0.29, 0.717) is 0 Å². The van der Waals surface area contributed by atoms with Crippen LogP contribution in [-0.4, -0.2) is 54.3 Å². The zero-order chi connectivity index (χ0) is 14.9. The van der Waals surface area contributed by atoms with Crippen LogP contribution >= 0.6 is 0 Å². The molecule has 0 atom stereocenters. The molecule has 5 nitrogen and oxygen atoms in total. The van der Waals surface area contributed by atoms with Crippen LogP contribution in [0.15, 0.2) is 12.5 Å². The average Bonchev–Trinajstić information content (AvgIpc) is 2.93. The summed E-state index contributed by atoms with van der Waals surface area (Å²) in [5, 5.41) is 3.48. The van der Waals surface area contributed by atoms with Crippen molar-refractivity contribution >= 4 is 0 Å². The Morgan fingerprint density at radius 1 is 1.38 bits per heavy atom. The summed E-state index contributed by atoms with van der Waals surface area (Å²) in [6.07, 6.45) is 7.74. The predicted octanol–water partition coefficient (Wildman–Crippen LogP) is 1.74. The molecule has 0 radical (unpaired) electrons. The van der Waals surface area contributed by atoms with E-state index in [9.17, 15) is 0 Å². The van der Waals surface area contributed by atoms with Crippen molar-refractivity contribution in [2.24, 2.45) is 5.92 Å². The predicted molar refractivity (Wildman–Crippen MR) is 85.3 cm³/mol. The van der Waals surface area contributed by atoms with Gasteiger partial charge in [0.1, 0.15) is 0 Å². The van der Waals surface area contributed by atoms with Crippen molar-refractivity contribution in [2.75, 3.05) is 39.9 Å². The minimum Gasteiger partial charge on any atom is -0.383 e. The third kappa shape index (κ3) is 5.41. The van der Waals surface area contributed by atoms with Crippen LogP contribution in [0, 0.1) is 5.92 Å². The van der Waals surface area contributed by atoms with Gasteiger partial charge < -0.3 is 14.6 Å². The van der Waals surface area contributed by atoms with Gasteiger partial charge in [0.25, 0.3) is 0 Å². The van der Waals surface area contributed by atoms with Gasteiger partial charge in [-0.3, -0.25) is 4.90 Å². The fraction of sp³-hybridized carbons (Fsp3) is 0.812. The molecule has 0 aliphatic carbocycles. The monoisotopic (exact) mass is 294 g/mol. The lowest BCUT2D eigenvalue weighted by molar-refractivity contribution is 0.165. The number of hydrogen-bond donors (Lipinski definition) is 1. The fourth-order valence-electron chi connectivity index (χ4n) is 2.98. The summed E-state index contributed by atoms with van der Waals surface area (Å²) in [6.45, 7) is 9.64. The number of piperidine rings is 1. The molecule has 0 unspecified atom stereocenters. The second kappa shape index (κ2) is 9.18. The highest BCUT2D eigenvalue weighted by Crippen LogP contribution is 2.18. The molecular weight excluding hydrogens is 264 g/mol. The molecule has 0 bridgehead atoms. The Balaban J connectivity index is 1.68. The van der Waals surface area contributed by atoms with Crippen LogP contribution in [0.1, 0.15) is 31.9 Å². The molecule has 2 heterocycles. The van der Waals surface area contributed by atoms with Crippen LogP contribution in [-0.2, 0) is 17.8 Å². The summed E-state index contributed by atoms with van der Waals surface area (Å²) in [6, 6.07) is 0. The quantitative estimate of drug-likeness (QED) is 0.705. The van der Waals surface area contributed by atoms with E-state index in [2.05, 4.69) is 26.7 Å². The lowest BCUT2D eigenvalue weighted by Gasteiger charge is -2.32. The number of ether oxygens (including phenoxy) is 1.